The number of carbonyl (C=O) groups is 3. The molecule has 2 aromatic carbocycles. The molecule has 8 heteroatoms. The Balaban J connectivity index is 2.02. The number of anilines is 1. The van der Waals surface area contributed by atoms with Gasteiger partial charge in [-0.05, 0) is 42.8 Å². The summed E-state index contributed by atoms with van der Waals surface area (Å²) in [5.41, 5.74) is 1.23. The third-order valence-electron chi connectivity index (χ3n) is 3.45. The van der Waals surface area contributed by atoms with Gasteiger partial charge < -0.3 is 19.9 Å². The highest BCUT2D eigenvalue weighted by Crippen LogP contribution is 2.22. The second kappa shape index (κ2) is 8.35. The van der Waals surface area contributed by atoms with E-state index < -0.39 is 24.5 Å². The van der Waals surface area contributed by atoms with Gasteiger partial charge in [0.15, 0.2) is 6.61 Å². The molecule has 136 valence electrons. The maximum Gasteiger partial charge on any atom is 0.342 e. The lowest BCUT2D eigenvalue weighted by atomic mass is 10.1. The second-order valence-corrected chi connectivity index (χ2v) is 5.74. The normalized spacial score (nSPS) is 10.1. The molecule has 0 saturated heterocycles. The summed E-state index contributed by atoms with van der Waals surface area (Å²) >= 11 is 5.76. The third kappa shape index (κ3) is 4.73. The first-order chi connectivity index (χ1) is 12.3. The highest BCUT2D eigenvalue weighted by Gasteiger charge is 2.16. The standard InChI is InChI=1S/C18H16ClNO6/c1-10-3-4-11(17(23)25-2)7-14(10)20-16(22)9-26-18(24)13-8-12(19)5-6-15(13)21/h3-8,21H,9H2,1-2H3,(H,20,22). The maximum atomic E-state index is 12.0. The first-order valence-corrected chi connectivity index (χ1v) is 7.84. The molecule has 7 nitrogen and oxygen atoms in total. The molecule has 0 aliphatic rings. The van der Waals surface area contributed by atoms with Crippen LogP contribution in [0, 0.1) is 6.92 Å². The Bertz CT molecular complexity index is 865. The predicted molar refractivity (Wildman–Crippen MR) is 94.5 cm³/mol. The third-order valence-corrected chi connectivity index (χ3v) is 3.68. The lowest BCUT2D eigenvalue weighted by Crippen LogP contribution is -2.21. The van der Waals surface area contributed by atoms with E-state index in [0.29, 0.717) is 11.3 Å². The van der Waals surface area contributed by atoms with E-state index in [2.05, 4.69) is 10.1 Å². The van der Waals surface area contributed by atoms with E-state index in [1.807, 2.05) is 0 Å². The minimum absolute atomic E-state index is 0.144. The molecular formula is C18H16ClNO6. The number of benzene rings is 2. The molecule has 0 radical (unpaired) electrons. The molecule has 0 fully saturated rings. The van der Waals surface area contributed by atoms with Gasteiger partial charge in [-0.25, -0.2) is 9.59 Å². The van der Waals surface area contributed by atoms with Crippen LogP contribution in [0.4, 0.5) is 5.69 Å². The summed E-state index contributed by atoms with van der Waals surface area (Å²) in [6, 6.07) is 8.58. The van der Waals surface area contributed by atoms with Crippen LogP contribution in [0.2, 0.25) is 5.02 Å². The number of methoxy groups -OCH3 is 1. The van der Waals surface area contributed by atoms with E-state index in [9.17, 15) is 19.5 Å². The van der Waals surface area contributed by atoms with Crippen molar-refractivity contribution in [3.63, 3.8) is 0 Å². The van der Waals surface area contributed by atoms with Crippen LogP contribution in [-0.2, 0) is 14.3 Å². The van der Waals surface area contributed by atoms with Gasteiger partial charge in [0.25, 0.3) is 5.91 Å². The van der Waals surface area contributed by atoms with Crippen LogP contribution < -0.4 is 5.32 Å². The van der Waals surface area contributed by atoms with Crippen molar-refractivity contribution in [2.45, 2.75) is 6.92 Å². The van der Waals surface area contributed by atoms with Crippen LogP contribution in [0.3, 0.4) is 0 Å². The summed E-state index contributed by atoms with van der Waals surface area (Å²) in [4.78, 5) is 35.5. The van der Waals surface area contributed by atoms with Crippen molar-refractivity contribution < 1.29 is 29.0 Å². The fourth-order valence-electron chi connectivity index (χ4n) is 2.07. The highest BCUT2D eigenvalue weighted by molar-refractivity contribution is 6.31. The van der Waals surface area contributed by atoms with E-state index in [1.165, 1.54) is 31.4 Å². The Morgan fingerprint density at radius 2 is 1.85 bits per heavy atom. The number of nitrogens with one attached hydrogen (secondary N) is 1. The Hall–Kier alpha value is -3.06. The number of phenols is 1. The zero-order valence-electron chi connectivity index (χ0n) is 14.0. The second-order valence-electron chi connectivity index (χ2n) is 5.31. The summed E-state index contributed by atoms with van der Waals surface area (Å²) in [5.74, 6) is -2.34. The van der Waals surface area contributed by atoms with Crippen LogP contribution in [0.15, 0.2) is 36.4 Å². The van der Waals surface area contributed by atoms with Crippen molar-refractivity contribution in [3.8, 4) is 5.75 Å². The number of hydrogen-bond donors (Lipinski definition) is 2. The molecule has 26 heavy (non-hydrogen) atoms. The first kappa shape index (κ1) is 19.3. The average Bonchev–Trinajstić information content (AvgIpc) is 2.62. The molecule has 0 spiro atoms. The number of aryl methyl sites for hydroxylation is 1. The molecule has 0 aromatic heterocycles. The van der Waals surface area contributed by atoms with Crippen LogP contribution >= 0.6 is 11.6 Å². The Morgan fingerprint density at radius 3 is 2.54 bits per heavy atom. The molecule has 0 saturated carbocycles. The summed E-state index contributed by atoms with van der Waals surface area (Å²) in [6.45, 7) is 1.17. The van der Waals surface area contributed by atoms with Crippen LogP contribution in [0.1, 0.15) is 26.3 Å². The molecule has 0 aliphatic carbocycles. The van der Waals surface area contributed by atoms with Crippen LogP contribution in [0.5, 0.6) is 5.75 Å². The number of halogens is 1. The number of rotatable bonds is 5. The number of phenolic OH excluding ortho intramolecular Hbond substituents is 1. The van der Waals surface area contributed by atoms with Crippen LogP contribution in [0.25, 0.3) is 0 Å². The molecule has 2 aromatic rings. The van der Waals surface area contributed by atoms with E-state index >= 15 is 0 Å². The Morgan fingerprint density at radius 1 is 1.12 bits per heavy atom. The zero-order chi connectivity index (χ0) is 19.3. The number of aromatic hydroxyl groups is 1. The minimum Gasteiger partial charge on any atom is -0.507 e. The number of amides is 1. The highest BCUT2D eigenvalue weighted by atomic mass is 35.5. The smallest absolute Gasteiger partial charge is 0.342 e. The summed E-state index contributed by atoms with van der Waals surface area (Å²) in [7, 11) is 1.26. The lowest BCUT2D eigenvalue weighted by Gasteiger charge is -2.11. The zero-order valence-corrected chi connectivity index (χ0v) is 14.8. The van der Waals surface area contributed by atoms with Crippen molar-refractivity contribution in [2.75, 3.05) is 19.0 Å². The Kier molecular flexibility index (Phi) is 6.19. The van der Waals surface area contributed by atoms with Crippen molar-refractivity contribution in [1.82, 2.24) is 0 Å². The number of esters is 2. The van der Waals surface area contributed by atoms with Gasteiger partial charge in [0, 0.05) is 10.7 Å². The van der Waals surface area contributed by atoms with Gasteiger partial charge in [0.2, 0.25) is 0 Å². The van der Waals surface area contributed by atoms with Gasteiger partial charge in [-0.2, -0.15) is 0 Å². The van der Waals surface area contributed by atoms with Gasteiger partial charge >= 0.3 is 11.9 Å². The van der Waals surface area contributed by atoms with Crippen molar-refractivity contribution in [1.29, 1.82) is 0 Å². The molecule has 1 amide bonds. The minimum atomic E-state index is -0.889. The average molecular weight is 378 g/mol. The van der Waals surface area contributed by atoms with Crippen molar-refractivity contribution in [2.24, 2.45) is 0 Å². The van der Waals surface area contributed by atoms with E-state index in [0.717, 1.165) is 0 Å². The topological polar surface area (TPSA) is 102 Å². The maximum absolute atomic E-state index is 12.0. The molecule has 2 rings (SSSR count). The molecule has 0 aliphatic heterocycles. The number of ether oxygens (including phenoxy) is 2. The molecule has 0 bridgehead atoms. The summed E-state index contributed by atoms with van der Waals surface area (Å²) in [6.07, 6.45) is 0. The van der Waals surface area contributed by atoms with Gasteiger partial charge in [0.1, 0.15) is 11.3 Å². The molecule has 2 N–H and O–H groups in total. The molecule has 0 unspecified atom stereocenters. The summed E-state index contributed by atoms with van der Waals surface area (Å²) in [5, 5.41) is 12.4. The van der Waals surface area contributed by atoms with Crippen molar-refractivity contribution >= 4 is 35.1 Å². The first-order valence-electron chi connectivity index (χ1n) is 7.46. The number of carbonyl (C=O) groups excluding carboxylic acids is 3. The quantitative estimate of drug-likeness (QED) is 0.777. The lowest BCUT2D eigenvalue weighted by molar-refractivity contribution is -0.119. The van der Waals surface area contributed by atoms with Gasteiger partial charge in [-0.1, -0.05) is 17.7 Å². The molecule has 0 heterocycles. The largest absolute Gasteiger partial charge is 0.507 e. The fraction of sp³-hybridized carbons (Fsp3) is 0.167. The Labute approximate surface area is 154 Å². The van der Waals surface area contributed by atoms with Gasteiger partial charge in [0.05, 0.1) is 12.7 Å². The van der Waals surface area contributed by atoms with Crippen molar-refractivity contribution in [3.05, 3.63) is 58.1 Å². The molecular weight excluding hydrogens is 362 g/mol. The van der Waals surface area contributed by atoms with Crippen LogP contribution in [-0.4, -0.2) is 36.7 Å². The van der Waals surface area contributed by atoms with E-state index in [-0.39, 0.29) is 21.9 Å². The van der Waals surface area contributed by atoms with E-state index in [4.69, 9.17) is 16.3 Å². The fourth-order valence-corrected chi connectivity index (χ4v) is 2.24. The summed E-state index contributed by atoms with van der Waals surface area (Å²) < 4.78 is 9.50. The van der Waals surface area contributed by atoms with Gasteiger partial charge in [-0.3, -0.25) is 4.79 Å². The van der Waals surface area contributed by atoms with Gasteiger partial charge in [-0.15, -0.1) is 0 Å². The predicted octanol–water partition coefficient (Wildman–Crippen LogP) is 2.94. The molecule has 0 atom stereocenters. The number of hydrogen-bond acceptors (Lipinski definition) is 6. The van der Waals surface area contributed by atoms with E-state index in [1.54, 1.807) is 19.1 Å². The SMILES string of the molecule is COC(=O)c1ccc(C)c(NC(=O)COC(=O)c2cc(Cl)ccc2O)c1. The monoisotopic (exact) mass is 377 g/mol.